The number of hydrogen-bond donors (Lipinski definition) is 0. The molecule has 0 atom stereocenters. The fourth-order valence-electron chi connectivity index (χ4n) is 1.38. The first-order chi connectivity index (χ1) is 7.54. The molecule has 1 aromatic rings. The number of methoxy groups -OCH3 is 1. The number of rotatable bonds is 5. The summed E-state index contributed by atoms with van der Waals surface area (Å²) in [5.41, 5.74) is 0.557. The molecular formula is C11H13NO4. The number of aryl methyl sites for hydroxylation is 1. The van der Waals surface area contributed by atoms with E-state index >= 15 is 0 Å². The van der Waals surface area contributed by atoms with Crippen LogP contribution in [0.2, 0.25) is 0 Å². The molecule has 0 aliphatic carbocycles. The second-order valence-corrected chi connectivity index (χ2v) is 3.45. The van der Waals surface area contributed by atoms with E-state index in [1.807, 2.05) is 0 Å². The van der Waals surface area contributed by atoms with Gasteiger partial charge in [0.2, 0.25) is 0 Å². The van der Waals surface area contributed by atoms with Gasteiger partial charge in [0.1, 0.15) is 11.5 Å². The first-order valence-electron chi connectivity index (χ1n) is 4.85. The van der Waals surface area contributed by atoms with E-state index in [-0.39, 0.29) is 11.5 Å². The first-order valence-corrected chi connectivity index (χ1v) is 4.85. The lowest BCUT2D eigenvalue weighted by atomic mass is 10.1. The van der Waals surface area contributed by atoms with Crippen LogP contribution in [0.1, 0.15) is 18.9 Å². The van der Waals surface area contributed by atoms with Crippen LogP contribution in [0.15, 0.2) is 18.2 Å². The number of nitro benzene ring substituents is 1. The second kappa shape index (κ2) is 5.25. The van der Waals surface area contributed by atoms with Crippen molar-refractivity contribution < 1.29 is 14.5 Å². The van der Waals surface area contributed by atoms with Crippen LogP contribution in [0.5, 0.6) is 5.75 Å². The molecule has 1 rings (SSSR count). The summed E-state index contributed by atoms with van der Waals surface area (Å²) in [4.78, 5) is 21.1. The van der Waals surface area contributed by atoms with Gasteiger partial charge in [-0.25, -0.2) is 0 Å². The zero-order valence-electron chi connectivity index (χ0n) is 9.23. The molecular weight excluding hydrogens is 210 g/mol. The van der Waals surface area contributed by atoms with E-state index in [0.717, 1.165) is 0 Å². The molecule has 0 saturated heterocycles. The Morgan fingerprint density at radius 3 is 2.69 bits per heavy atom. The van der Waals surface area contributed by atoms with Gasteiger partial charge in [0.05, 0.1) is 12.0 Å². The Balaban J connectivity index is 3.00. The fourth-order valence-corrected chi connectivity index (χ4v) is 1.38. The molecule has 0 bridgehead atoms. The van der Waals surface area contributed by atoms with Crippen molar-refractivity contribution in [2.75, 3.05) is 7.11 Å². The van der Waals surface area contributed by atoms with Crippen LogP contribution in [0.3, 0.4) is 0 Å². The summed E-state index contributed by atoms with van der Waals surface area (Å²) in [5.74, 6) is 0.571. The second-order valence-electron chi connectivity index (χ2n) is 3.45. The lowest BCUT2D eigenvalue weighted by Gasteiger charge is -2.04. The smallest absolute Gasteiger partial charge is 0.272 e. The van der Waals surface area contributed by atoms with Crippen LogP contribution in [0.25, 0.3) is 0 Å². The van der Waals surface area contributed by atoms with E-state index in [9.17, 15) is 14.9 Å². The Morgan fingerprint density at radius 2 is 2.19 bits per heavy atom. The van der Waals surface area contributed by atoms with E-state index < -0.39 is 4.92 Å². The van der Waals surface area contributed by atoms with Gasteiger partial charge in [-0.05, 0) is 25.5 Å². The Hall–Kier alpha value is -1.91. The molecule has 0 fully saturated rings. The van der Waals surface area contributed by atoms with Crippen molar-refractivity contribution in [1.82, 2.24) is 0 Å². The highest BCUT2D eigenvalue weighted by Crippen LogP contribution is 2.25. The van der Waals surface area contributed by atoms with Gasteiger partial charge in [-0.3, -0.25) is 10.1 Å². The van der Waals surface area contributed by atoms with Gasteiger partial charge in [0.25, 0.3) is 5.69 Å². The lowest BCUT2D eigenvalue weighted by Crippen LogP contribution is -1.99. The molecule has 1 aromatic carbocycles. The minimum absolute atomic E-state index is 0.0112. The molecule has 0 aliphatic heterocycles. The maximum atomic E-state index is 10.9. The molecule has 0 aromatic heterocycles. The Morgan fingerprint density at radius 1 is 1.50 bits per heavy atom. The molecule has 0 N–H and O–H groups in total. The number of carbonyl (C=O) groups excluding carboxylic acids is 1. The average molecular weight is 223 g/mol. The third-order valence-electron chi connectivity index (χ3n) is 2.23. The first kappa shape index (κ1) is 12.2. The van der Waals surface area contributed by atoms with Gasteiger partial charge in [-0.2, -0.15) is 0 Å². The molecule has 86 valence electrons. The number of nitro groups is 1. The largest absolute Gasteiger partial charge is 0.497 e. The van der Waals surface area contributed by atoms with E-state index in [1.54, 1.807) is 6.07 Å². The minimum atomic E-state index is -0.449. The highest BCUT2D eigenvalue weighted by molar-refractivity contribution is 5.75. The van der Waals surface area contributed by atoms with Crippen molar-refractivity contribution in [2.45, 2.75) is 19.8 Å². The van der Waals surface area contributed by atoms with Gasteiger partial charge in [-0.1, -0.05) is 0 Å². The number of ether oxygens (including phenoxy) is 1. The van der Waals surface area contributed by atoms with Gasteiger partial charge >= 0.3 is 0 Å². The predicted octanol–water partition coefficient (Wildman–Crippen LogP) is 2.12. The molecule has 0 heterocycles. The quantitative estimate of drug-likeness (QED) is 0.566. The normalized spacial score (nSPS) is 9.88. The predicted molar refractivity (Wildman–Crippen MR) is 58.7 cm³/mol. The number of hydrogen-bond acceptors (Lipinski definition) is 4. The maximum Gasteiger partial charge on any atom is 0.272 e. The zero-order chi connectivity index (χ0) is 12.1. The van der Waals surface area contributed by atoms with E-state index in [4.69, 9.17) is 4.74 Å². The van der Waals surface area contributed by atoms with Crippen LogP contribution in [0.4, 0.5) is 5.69 Å². The van der Waals surface area contributed by atoms with Crippen molar-refractivity contribution in [3.05, 3.63) is 33.9 Å². The standard InChI is InChI=1S/C11H13NO4/c1-8(13)3-4-9-7-10(16-2)5-6-11(9)12(14)15/h5-7H,3-4H2,1-2H3. The van der Waals surface area contributed by atoms with Gasteiger partial charge in [0.15, 0.2) is 0 Å². The van der Waals surface area contributed by atoms with Crippen molar-refractivity contribution >= 4 is 11.5 Å². The molecule has 0 spiro atoms. The van der Waals surface area contributed by atoms with Crippen LogP contribution in [0, 0.1) is 10.1 Å². The summed E-state index contributed by atoms with van der Waals surface area (Å²) in [5, 5.41) is 10.7. The van der Waals surface area contributed by atoms with Crippen molar-refractivity contribution in [3.63, 3.8) is 0 Å². The highest BCUT2D eigenvalue weighted by atomic mass is 16.6. The fraction of sp³-hybridized carbons (Fsp3) is 0.364. The van der Waals surface area contributed by atoms with Crippen LogP contribution in [-0.4, -0.2) is 17.8 Å². The number of benzene rings is 1. The average Bonchev–Trinajstić information content (AvgIpc) is 2.25. The molecule has 0 amide bonds. The third-order valence-corrected chi connectivity index (χ3v) is 2.23. The molecule has 5 nitrogen and oxygen atoms in total. The molecule has 0 unspecified atom stereocenters. The van der Waals surface area contributed by atoms with Gasteiger partial charge in [-0.15, -0.1) is 0 Å². The zero-order valence-corrected chi connectivity index (χ0v) is 9.23. The van der Waals surface area contributed by atoms with Crippen LogP contribution < -0.4 is 4.74 Å². The van der Waals surface area contributed by atoms with Gasteiger partial charge in [0, 0.05) is 18.1 Å². The lowest BCUT2D eigenvalue weighted by molar-refractivity contribution is -0.385. The Bertz CT molecular complexity index is 414. The number of nitrogens with zero attached hydrogens (tertiary/aromatic N) is 1. The molecule has 5 heteroatoms. The third kappa shape index (κ3) is 3.05. The van der Waals surface area contributed by atoms with Crippen LogP contribution in [-0.2, 0) is 11.2 Å². The van der Waals surface area contributed by atoms with E-state index in [0.29, 0.717) is 24.2 Å². The molecule has 16 heavy (non-hydrogen) atoms. The van der Waals surface area contributed by atoms with Gasteiger partial charge < -0.3 is 9.53 Å². The monoisotopic (exact) mass is 223 g/mol. The number of ketones is 1. The summed E-state index contributed by atoms with van der Waals surface area (Å²) < 4.78 is 4.99. The minimum Gasteiger partial charge on any atom is -0.497 e. The van der Waals surface area contributed by atoms with Crippen LogP contribution >= 0.6 is 0 Å². The summed E-state index contributed by atoms with van der Waals surface area (Å²) in [7, 11) is 1.50. The Labute approximate surface area is 93.2 Å². The SMILES string of the molecule is COc1ccc([N+](=O)[O-])c(CCC(C)=O)c1. The highest BCUT2D eigenvalue weighted by Gasteiger charge is 2.14. The maximum absolute atomic E-state index is 10.9. The summed E-state index contributed by atoms with van der Waals surface area (Å²) in [6.45, 7) is 1.46. The van der Waals surface area contributed by atoms with E-state index in [2.05, 4.69) is 0 Å². The summed E-state index contributed by atoms with van der Waals surface area (Å²) in [6, 6.07) is 4.53. The van der Waals surface area contributed by atoms with Crippen molar-refractivity contribution in [1.29, 1.82) is 0 Å². The number of Topliss-reactive ketones (excluding diaryl/α,β-unsaturated/α-hetero) is 1. The molecule has 0 radical (unpaired) electrons. The van der Waals surface area contributed by atoms with Crippen molar-refractivity contribution in [3.8, 4) is 5.75 Å². The van der Waals surface area contributed by atoms with E-state index in [1.165, 1.54) is 26.2 Å². The number of carbonyl (C=O) groups is 1. The molecule has 0 saturated carbocycles. The molecule has 0 aliphatic rings. The summed E-state index contributed by atoms with van der Waals surface area (Å²) in [6.07, 6.45) is 0.664. The summed E-state index contributed by atoms with van der Waals surface area (Å²) >= 11 is 0. The van der Waals surface area contributed by atoms with Crippen molar-refractivity contribution in [2.24, 2.45) is 0 Å². The Kier molecular flexibility index (Phi) is 3.99. The topological polar surface area (TPSA) is 69.4 Å².